The van der Waals surface area contributed by atoms with Crippen molar-refractivity contribution < 1.29 is 13.9 Å². The first kappa shape index (κ1) is 23.6. The van der Waals surface area contributed by atoms with Crippen molar-refractivity contribution in [3.63, 3.8) is 0 Å². The summed E-state index contributed by atoms with van der Waals surface area (Å²) in [5, 5.41) is 3.93. The minimum absolute atomic E-state index is 0.000345. The van der Waals surface area contributed by atoms with Crippen LogP contribution in [0, 0.1) is 20.8 Å². The van der Waals surface area contributed by atoms with Gasteiger partial charge in [-0.25, -0.2) is 0 Å². The number of halogens is 1. The van der Waals surface area contributed by atoms with Crippen molar-refractivity contribution in [3.05, 3.63) is 92.6 Å². The van der Waals surface area contributed by atoms with E-state index < -0.39 is 6.10 Å². The summed E-state index contributed by atoms with van der Waals surface area (Å²) < 4.78 is 12.2. The van der Waals surface area contributed by atoms with Gasteiger partial charge in [-0.15, -0.1) is 0 Å². The lowest BCUT2D eigenvalue weighted by molar-refractivity contribution is -0.122. The van der Waals surface area contributed by atoms with Gasteiger partial charge in [0.2, 0.25) is 11.2 Å². The standard InChI is InChI=1S/C28H26ClNO4/c1-5-22(28(32)30-24-17(3)14-16(2)15-18(24)4)33-27-25(31)21-8-6-7-9-23(21)34-26(27)19-10-12-20(29)13-11-19/h6-15,22H,5H2,1-4H3,(H,30,32). The molecule has 5 nitrogen and oxygen atoms in total. The van der Waals surface area contributed by atoms with E-state index in [1.165, 1.54) is 0 Å². The van der Waals surface area contributed by atoms with Crippen LogP contribution in [0.4, 0.5) is 5.69 Å². The van der Waals surface area contributed by atoms with Crippen molar-refractivity contribution in [2.24, 2.45) is 0 Å². The van der Waals surface area contributed by atoms with E-state index in [1.807, 2.05) is 39.8 Å². The third-order valence-electron chi connectivity index (χ3n) is 5.71. The number of ether oxygens (including phenoxy) is 1. The van der Waals surface area contributed by atoms with E-state index >= 15 is 0 Å². The third kappa shape index (κ3) is 4.70. The fraction of sp³-hybridized carbons (Fsp3) is 0.214. The molecule has 6 heteroatoms. The van der Waals surface area contributed by atoms with Crippen molar-refractivity contribution in [2.75, 3.05) is 5.32 Å². The number of hydrogen-bond donors (Lipinski definition) is 1. The minimum atomic E-state index is -0.893. The van der Waals surface area contributed by atoms with Crippen molar-refractivity contribution in [1.82, 2.24) is 0 Å². The molecule has 4 aromatic rings. The molecule has 1 N–H and O–H groups in total. The van der Waals surface area contributed by atoms with Crippen LogP contribution in [0.2, 0.25) is 5.02 Å². The Morgan fingerprint density at radius 1 is 1.03 bits per heavy atom. The predicted molar refractivity (Wildman–Crippen MR) is 137 cm³/mol. The first-order valence-electron chi connectivity index (χ1n) is 11.2. The monoisotopic (exact) mass is 475 g/mol. The van der Waals surface area contributed by atoms with Crippen molar-refractivity contribution >= 4 is 34.2 Å². The van der Waals surface area contributed by atoms with Gasteiger partial charge in [-0.3, -0.25) is 9.59 Å². The number of aryl methyl sites for hydroxylation is 3. The molecule has 0 aliphatic rings. The summed E-state index contributed by atoms with van der Waals surface area (Å²) in [6, 6.07) is 17.9. The van der Waals surface area contributed by atoms with Crippen LogP contribution in [-0.2, 0) is 4.79 Å². The molecule has 1 heterocycles. The number of rotatable bonds is 6. The highest BCUT2D eigenvalue weighted by Crippen LogP contribution is 2.32. The van der Waals surface area contributed by atoms with Gasteiger partial charge in [-0.2, -0.15) is 0 Å². The van der Waals surface area contributed by atoms with Gasteiger partial charge in [0.05, 0.1) is 5.39 Å². The van der Waals surface area contributed by atoms with Crippen molar-refractivity contribution in [1.29, 1.82) is 0 Å². The van der Waals surface area contributed by atoms with Crippen LogP contribution >= 0.6 is 11.6 Å². The van der Waals surface area contributed by atoms with Crippen LogP contribution in [-0.4, -0.2) is 12.0 Å². The lowest BCUT2D eigenvalue weighted by Gasteiger charge is -2.20. The highest BCUT2D eigenvalue weighted by molar-refractivity contribution is 6.30. The van der Waals surface area contributed by atoms with Gasteiger partial charge in [0, 0.05) is 16.3 Å². The Bertz CT molecular complexity index is 1400. The normalized spacial score (nSPS) is 11.9. The molecule has 0 radical (unpaired) electrons. The molecule has 0 fully saturated rings. The Kier molecular flexibility index (Phi) is 6.75. The number of para-hydroxylation sites is 1. The molecule has 1 amide bonds. The number of fused-ring (bicyclic) bond motifs is 1. The van der Waals surface area contributed by atoms with Crippen molar-refractivity contribution in [3.8, 4) is 17.1 Å². The number of carbonyl (C=O) groups excluding carboxylic acids is 1. The average molecular weight is 476 g/mol. The molecule has 0 aliphatic carbocycles. The van der Waals surface area contributed by atoms with Crippen LogP contribution in [0.1, 0.15) is 30.0 Å². The molecule has 1 atom stereocenters. The molecular weight excluding hydrogens is 450 g/mol. The van der Waals surface area contributed by atoms with Gasteiger partial charge in [0.25, 0.3) is 5.91 Å². The van der Waals surface area contributed by atoms with E-state index in [0.717, 1.165) is 22.4 Å². The molecule has 34 heavy (non-hydrogen) atoms. The van der Waals surface area contributed by atoms with Gasteiger partial charge >= 0.3 is 0 Å². The Labute approximate surface area is 203 Å². The molecular formula is C28H26ClNO4. The van der Waals surface area contributed by atoms with Gasteiger partial charge in [0.15, 0.2) is 11.9 Å². The number of amides is 1. The van der Waals surface area contributed by atoms with Gasteiger partial charge in [-0.05, 0) is 74.7 Å². The Morgan fingerprint density at radius 3 is 2.32 bits per heavy atom. The van der Waals surface area contributed by atoms with Crippen molar-refractivity contribution in [2.45, 2.75) is 40.2 Å². The summed E-state index contributed by atoms with van der Waals surface area (Å²) in [6.07, 6.45) is -0.530. The second kappa shape index (κ2) is 9.74. The molecule has 0 aliphatic heterocycles. The topological polar surface area (TPSA) is 68.5 Å². The lowest BCUT2D eigenvalue weighted by Crippen LogP contribution is -2.34. The largest absolute Gasteiger partial charge is 0.473 e. The number of anilines is 1. The van der Waals surface area contributed by atoms with E-state index in [-0.39, 0.29) is 22.8 Å². The van der Waals surface area contributed by atoms with Crippen LogP contribution in [0.15, 0.2) is 69.9 Å². The first-order chi connectivity index (χ1) is 16.3. The zero-order chi connectivity index (χ0) is 24.4. The SMILES string of the molecule is CCC(Oc1c(-c2ccc(Cl)cc2)oc2ccccc2c1=O)C(=O)Nc1c(C)cc(C)cc1C. The molecule has 3 aromatic carbocycles. The van der Waals surface area contributed by atoms with E-state index in [1.54, 1.807) is 48.5 Å². The molecule has 174 valence electrons. The van der Waals surface area contributed by atoms with Gasteiger partial charge in [0.1, 0.15) is 5.58 Å². The molecule has 0 spiro atoms. The van der Waals surface area contributed by atoms with Gasteiger partial charge < -0.3 is 14.5 Å². The summed E-state index contributed by atoms with van der Waals surface area (Å²) in [4.78, 5) is 26.6. The minimum Gasteiger partial charge on any atom is -0.473 e. The van der Waals surface area contributed by atoms with Crippen LogP contribution < -0.4 is 15.5 Å². The second-order valence-electron chi connectivity index (χ2n) is 8.37. The quantitative estimate of drug-likeness (QED) is 0.331. The molecule has 1 unspecified atom stereocenters. The second-order valence-corrected chi connectivity index (χ2v) is 8.81. The molecule has 0 saturated heterocycles. The number of carbonyl (C=O) groups is 1. The van der Waals surface area contributed by atoms with Crippen LogP contribution in [0.5, 0.6) is 5.75 Å². The third-order valence-corrected chi connectivity index (χ3v) is 5.96. The average Bonchev–Trinajstić information content (AvgIpc) is 2.81. The smallest absolute Gasteiger partial charge is 0.265 e. The van der Waals surface area contributed by atoms with E-state index in [4.69, 9.17) is 20.8 Å². The fourth-order valence-corrected chi connectivity index (χ4v) is 4.19. The van der Waals surface area contributed by atoms with Crippen LogP contribution in [0.3, 0.4) is 0 Å². The molecule has 1 aromatic heterocycles. The highest BCUT2D eigenvalue weighted by atomic mass is 35.5. The summed E-state index contributed by atoms with van der Waals surface area (Å²) in [7, 11) is 0. The maximum absolute atomic E-state index is 13.4. The van der Waals surface area contributed by atoms with E-state index in [0.29, 0.717) is 28.0 Å². The maximum Gasteiger partial charge on any atom is 0.265 e. The fourth-order valence-electron chi connectivity index (χ4n) is 4.07. The zero-order valence-electron chi connectivity index (χ0n) is 19.6. The van der Waals surface area contributed by atoms with E-state index in [9.17, 15) is 9.59 Å². The highest BCUT2D eigenvalue weighted by Gasteiger charge is 2.25. The number of nitrogens with one attached hydrogen (secondary N) is 1. The maximum atomic E-state index is 13.4. The Morgan fingerprint density at radius 2 is 1.68 bits per heavy atom. The Hall–Kier alpha value is -3.57. The van der Waals surface area contributed by atoms with Gasteiger partial charge in [-0.1, -0.05) is 48.4 Å². The molecule has 4 rings (SSSR count). The molecule has 0 saturated carbocycles. The molecule has 0 bridgehead atoms. The summed E-state index contributed by atoms with van der Waals surface area (Å²) in [5.74, 6) is -0.0677. The Balaban J connectivity index is 1.75. The summed E-state index contributed by atoms with van der Waals surface area (Å²) in [5.41, 5.74) is 4.54. The number of hydrogen-bond acceptors (Lipinski definition) is 4. The van der Waals surface area contributed by atoms with Crippen LogP contribution in [0.25, 0.3) is 22.3 Å². The summed E-state index contributed by atoms with van der Waals surface area (Å²) >= 11 is 6.05. The number of benzene rings is 3. The predicted octanol–water partition coefficient (Wildman–Crippen LogP) is 6.83. The van der Waals surface area contributed by atoms with E-state index in [2.05, 4.69) is 5.32 Å². The zero-order valence-corrected chi connectivity index (χ0v) is 20.3. The lowest BCUT2D eigenvalue weighted by atomic mass is 10.0. The summed E-state index contributed by atoms with van der Waals surface area (Å²) in [6.45, 7) is 7.76. The first-order valence-corrected chi connectivity index (χ1v) is 11.5.